The van der Waals surface area contributed by atoms with Crippen molar-refractivity contribution < 1.29 is 13.2 Å². The van der Waals surface area contributed by atoms with E-state index in [1.807, 2.05) is 0 Å². The third-order valence-corrected chi connectivity index (χ3v) is 5.74. The number of hydrogen-bond donors (Lipinski definition) is 2. The van der Waals surface area contributed by atoms with Crippen molar-refractivity contribution in [1.29, 1.82) is 0 Å². The molecule has 3 aromatic rings. The van der Waals surface area contributed by atoms with Gasteiger partial charge >= 0.3 is 0 Å². The second-order valence-corrected chi connectivity index (χ2v) is 8.29. The van der Waals surface area contributed by atoms with Gasteiger partial charge in [0, 0.05) is 17.3 Å². The zero-order valence-corrected chi connectivity index (χ0v) is 17.2. The van der Waals surface area contributed by atoms with E-state index < -0.39 is 10.0 Å². The van der Waals surface area contributed by atoms with Gasteiger partial charge in [0.05, 0.1) is 15.6 Å². The minimum Gasteiger partial charge on any atom is -0.322 e. The van der Waals surface area contributed by atoms with Gasteiger partial charge in [-0.05, 0) is 54.1 Å². The Morgan fingerprint density at radius 1 is 1.00 bits per heavy atom. The van der Waals surface area contributed by atoms with Crippen molar-refractivity contribution in [3.8, 4) is 12.3 Å². The van der Waals surface area contributed by atoms with Gasteiger partial charge in [-0.2, -0.15) is 0 Å². The molecule has 150 valence electrons. The number of rotatable bonds is 6. The number of carbonyl (C=O) groups is 1. The van der Waals surface area contributed by atoms with E-state index in [0.717, 1.165) is 0 Å². The number of para-hydroxylation sites is 1. The van der Waals surface area contributed by atoms with Crippen LogP contribution in [0.3, 0.4) is 0 Å². The molecule has 7 heteroatoms. The van der Waals surface area contributed by atoms with Gasteiger partial charge < -0.3 is 5.32 Å². The van der Waals surface area contributed by atoms with Crippen LogP contribution in [0.4, 0.5) is 11.4 Å². The minimum atomic E-state index is -3.79. The largest absolute Gasteiger partial charge is 0.322 e. The van der Waals surface area contributed by atoms with Crippen molar-refractivity contribution in [3.63, 3.8) is 0 Å². The molecular formula is C23H17ClN2O3S. The number of nitrogens with one attached hydrogen (secondary N) is 2. The van der Waals surface area contributed by atoms with E-state index in [0.29, 0.717) is 27.5 Å². The summed E-state index contributed by atoms with van der Waals surface area (Å²) >= 11 is 6.01. The van der Waals surface area contributed by atoms with Gasteiger partial charge in [0.25, 0.3) is 10.0 Å². The maximum absolute atomic E-state index is 12.5. The first kappa shape index (κ1) is 21.2. The molecule has 0 heterocycles. The van der Waals surface area contributed by atoms with E-state index >= 15 is 0 Å². The van der Waals surface area contributed by atoms with E-state index in [1.165, 1.54) is 18.2 Å². The van der Waals surface area contributed by atoms with Gasteiger partial charge in [-0.25, -0.2) is 8.42 Å². The highest BCUT2D eigenvalue weighted by Gasteiger charge is 2.15. The van der Waals surface area contributed by atoms with Gasteiger partial charge in [-0.3, -0.25) is 9.52 Å². The molecule has 0 radical (unpaired) electrons. The van der Waals surface area contributed by atoms with Gasteiger partial charge in [-0.1, -0.05) is 47.9 Å². The number of hydrogen-bond acceptors (Lipinski definition) is 3. The van der Waals surface area contributed by atoms with Crippen LogP contribution in [0.15, 0.2) is 83.8 Å². The molecule has 0 aliphatic heterocycles. The number of halogens is 1. The SMILES string of the molecule is C#Cc1cccc(NC(=O)/C=C/c2ccc(S(=O)(=O)Nc3ccccc3Cl)cc2)c1. The summed E-state index contributed by atoms with van der Waals surface area (Å²) in [4.78, 5) is 12.2. The van der Waals surface area contributed by atoms with E-state index in [-0.39, 0.29) is 10.8 Å². The zero-order chi connectivity index (χ0) is 21.6. The fraction of sp³-hybridized carbons (Fsp3) is 0. The maximum Gasteiger partial charge on any atom is 0.261 e. The highest BCUT2D eigenvalue weighted by atomic mass is 35.5. The van der Waals surface area contributed by atoms with Crippen LogP contribution in [-0.4, -0.2) is 14.3 Å². The summed E-state index contributed by atoms with van der Waals surface area (Å²) in [7, 11) is -3.79. The molecule has 5 nitrogen and oxygen atoms in total. The number of amides is 1. The Morgan fingerprint density at radius 2 is 1.73 bits per heavy atom. The van der Waals surface area contributed by atoms with Crippen LogP contribution < -0.4 is 10.0 Å². The van der Waals surface area contributed by atoms with Crippen molar-refractivity contribution in [2.45, 2.75) is 4.90 Å². The first-order valence-electron chi connectivity index (χ1n) is 8.80. The standard InChI is InChI=1S/C23H17ClN2O3S/c1-2-17-6-5-7-19(16-17)25-23(27)15-12-18-10-13-20(14-11-18)30(28,29)26-22-9-4-3-8-21(22)24/h1,3-16,26H,(H,25,27)/b15-12+. The van der Waals surface area contributed by atoms with Crippen LogP contribution in [0, 0.1) is 12.3 Å². The van der Waals surface area contributed by atoms with Gasteiger partial charge in [0.2, 0.25) is 5.91 Å². The molecule has 0 aromatic heterocycles. The molecular weight excluding hydrogens is 420 g/mol. The molecule has 0 fully saturated rings. The fourth-order valence-corrected chi connectivity index (χ4v) is 3.87. The van der Waals surface area contributed by atoms with Gasteiger partial charge in [0.15, 0.2) is 0 Å². The topological polar surface area (TPSA) is 75.3 Å². The summed E-state index contributed by atoms with van der Waals surface area (Å²) in [6, 6.07) is 19.6. The fourth-order valence-electron chi connectivity index (χ4n) is 2.55. The van der Waals surface area contributed by atoms with E-state index in [4.69, 9.17) is 18.0 Å². The van der Waals surface area contributed by atoms with Crippen LogP contribution in [0.25, 0.3) is 6.08 Å². The minimum absolute atomic E-state index is 0.0788. The molecule has 0 unspecified atom stereocenters. The summed E-state index contributed by atoms with van der Waals surface area (Å²) < 4.78 is 27.5. The lowest BCUT2D eigenvalue weighted by molar-refractivity contribution is -0.111. The van der Waals surface area contributed by atoms with Gasteiger partial charge in [0.1, 0.15) is 0 Å². The monoisotopic (exact) mass is 436 g/mol. The van der Waals surface area contributed by atoms with Crippen LogP contribution in [0.5, 0.6) is 0 Å². The number of carbonyl (C=O) groups excluding carboxylic acids is 1. The molecule has 2 N–H and O–H groups in total. The summed E-state index contributed by atoms with van der Waals surface area (Å²) in [5.74, 6) is 2.17. The Kier molecular flexibility index (Phi) is 6.58. The number of terminal acetylenes is 1. The summed E-state index contributed by atoms with van der Waals surface area (Å²) in [5.41, 5.74) is 2.22. The number of sulfonamides is 1. The van der Waals surface area contributed by atoms with Crippen molar-refractivity contribution >= 4 is 45.0 Å². The Bertz CT molecular complexity index is 1240. The third-order valence-electron chi connectivity index (χ3n) is 4.03. The summed E-state index contributed by atoms with van der Waals surface area (Å²) in [6.07, 6.45) is 8.28. The quantitative estimate of drug-likeness (QED) is 0.431. The molecule has 0 bridgehead atoms. The molecule has 3 aromatic carbocycles. The van der Waals surface area contributed by atoms with Crippen LogP contribution >= 0.6 is 11.6 Å². The molecule has 1 amide bonds. The first-order chi connectivity index (χ1) is 14.4. The summed E-state index contributed by atoms with van der Waals surface area (Å²) in [5, 5.41) is 3.02. The average molecular weight is 437 g/mol. The van der Waals surface area contributed by atoms with Crippen molar-refractivity contribution in [1.82, 2.24) is 0 Å². The normalized spacial score (nSPS) is 11.1. The third kappa shape index (κ3) is 5.51. The number of anilines is 2. The highest BCUT2D eigenvalue weighted by molar-refractivity contribution is 7.92. The predicted molar refractivity (Wildman–Crippen MR) is 121 cm³/mol. The smallest absolute Gasteiger partial charge is 0.261 e. The Morgan fingerprint density at radius 3 is 2.43 bits per heavy atom. The lowest BCUT2D eigenvalue weighted by atomic mass is 10.2. The van der Waals surface area contributed by atoms with E-state index in [9.17, 15) is 13.2 Å². The molecule has 30 heavy (non-hydrogen) atoms. The molecule has 0 saturated heterocycles. The predicted octanol–water partition coefficient (Wildman–Crippen LogP) is 4.77. The number of benzene rings is 3. The average Bonchev–Trinajstić information content (AvgIpc) is 2.74. The van der Waals surface area contributed by atoms with E-state index in [1.54, 1.807) is 66.7 Å². The van der Waals surface area contributed by atoms with Crippen molar-refractivity contribution in [3.05, 3.63) is 95.0 Å². The molecule has 0 aliphatic carbocycles. The highest BCUT2D eigenvalue weighted by Crippen LogP contribution is 2.24. The molecule has 0 atom stereocenters. The summed E-state index contributed by atoms with van der Waals surface area (Å²) in [6.45, 7) is 0. The second-order valence-electron chi connectivity index (χ2n) is 6.20. The Labute approximate surface area is 180 Å². The Hall–Kier alpha value is -3.53. The molecule has 3 rings (SSSR count). The zero-order valence-electron chi connectivity index (χ0n) is 15.7. The van der Waals surface area contributed by atoms with Crippen LogP contribution in [-0.2, 0) is 14.8 Å². The second kappa shape index (κ2) is 9.31. The lowest BCUT2D eigenvalue weighted by Gasteiger charge is -2.09. The van der Waals surface area contributed by atoms with Crippen LogP contribution in [0.1, 0.15) is 11.1 Å². The molecule has 0 spiro atoms. The van der Waals surface area contributed by atoms with Gasteiger partial charge in [-0.15, -0.1) is 6.42 Å². The molecule has 0 aliphatic rings. The maximum atomic E-state index is 12.5. The van der Waals surface area contributed by atoms with E-state index in [2.05, 4.69) is 16.0 Å². The molecule has 0 saturated carbocycles. The van der Waals surface area contributed by atoms with Crippen LogP contribution in [0.2, 0.25) is 5.02 Å². The lowest BCUT2D eigenvalue weighted by Crippen LogP contribution is -2.13. The first-order valence-corrected chi connectivity index (χ1v) is 10.7. The van der Waals surface area contributed by atoms with Crippen molar-refractivity contribution in [2.24, 2.45) is 0 Å². The Balaban J connectivity index is 1.67. The van der Waals surface area contributed by atoms with Crippen molar-refractivity contribution in [2.75, 3.05) is 10.0 Å².